The predicted molar refractivity (Wildman–Crippen MR) is 121 cm³/mol. The van der Waals surface area contributed by atoms with E-state index >= 15 is 0 Å². The van der Waals surface area contributed by atoms with E-state index in [4.69, 9.17) is 4.74 Å². The molecule has 0 amide bonds. The fourth-order valence-corrected chi connectivity index (χ4v) is 6.44. The van der Waals surface area contributed by atoms with Gasteiger partial charge in [0, 0.05) is 24.9 Å². The molecule has 4 heteroatoms. The Kier molecular flexibility index (Phi) is 4.89. The Labute approximate surface area is 185 Å². The van der Waals surface area contributed by atoms with Crippen molar-refractivity contribution in [3.05, 3.63) is 65.2 Å². The van der Waals surface area contributed by atoms with Crippen LogP contribution >= 0.6 is 0 Å². The van der Waals surface area contributed by atoms with Gasteiger partial charge in [0.15, 0.2) is 0 Å². The molecule has 0 radical (unpaired) electrons. The first-order valence-electron chi connectivity index (χ1n) is 11.6. The van der Waals surface area contributed by atoms with Crippen molar-refractivity contribution < 1.29 is 14.6 Å². The number of nitrogens with zero attached hydrogens (tertiary/aromatic N) is 1. The maximum absolute atomic E-state index is 11.6. The van der Waals surface area contributed by atoms with E-state index in [9.17, 15) is 9.90 Å². The van der Waals surface area contributed by atoms with Crippen molar-refractivity contribution >= 4 is 5.97 Å². The van der Waals surface area contributed by atoms with Crippen LogP contribution in [0.2, 0.25) is 0 Å². The van der Waals surface area contributed by atoms with Crippen molar-refractivity contribution in [1.29, 1.82) is 0 Å². The second-order valence-electron chi connectivity index (χ2n) is 10.3. The molecule has 2 aromatic carbocycles. The van der Waals surface area contributed by atoms with E-state index in [0.717, 1.165) is 32.4 Å². The molecule has 1 heterocycles. The van der Waals surface area contributed by atoms with Crippen molar-refractivity contribution in [1.82, 2.24) is 4.90 Å². The lowest BCUT2D eigenvalue weighted by Crippen LogP contribution is -2.58. The Hall–Kier alpha value is -2.33. The number of hydrogen-bond donors (Lipinski definition) is 1. The molecule has 0 unspecified atom stereocenters. The highest BCUT2D eigenvalue weighted by atomic mass is 16.5. The third-order valence-electron chi connectivity index (χ3n) is 8.68. The number of fused-ring (bicyclic) bond motifs is 4. The largest absolute Gasteiger partial charge is 0.508 e. The van der Waals surface area contributed by atoms with Crippen molar-refractivity contribution in [2.75, 3.05) is 19.7 Å². The summed E-state index contributed by atoms with van der Waals surface area (Å²) in [5, 5.41) is 10.1. The van der Waals surface area contributed by atoms with Crippen LogP contribution in [0.3, 0.4) is 0 Å². The molecule has 1 saturated carbocycles. The maximum atomic E-state index is 11.6. The molecule has 1 aliphatic heterocycles. The zero-order valence-corrected chi connectivity index (χ0v) is 18.8. The normalized spacial score (nSPS) is 34.1. The van der Waals surface area contributed by atoms with Crippen LogP contribution in [0.1, 0.15) is 50.3 Å². The Morgan fingerprint density at radius 2 is 2.00 bits per heavy atom. The van der Waals surface area contributed by atoms with Crippen molar-refractivity contribution in [2.24, 2.45) is 11.8 Å². The van der Waals surface area contributed by atoms with E-state index in [-0.39, 0.29) is 16.8 Å². The number of rotatable bonds is 5. The molecule has 2 bridgehead atoms. The molecule has 0 spiro atoms. The zero-order valence-electron chi connectivity index (χ0n) is 18.8. The number of esters is 1. The Bertz CT molecular complexity index is 989. The van der Waals surface area contributed by atoms with Crippen LogP contribution in [-0.2, 0) is 26.8 Å². The summed E-state index contributed by atoms with van der Waals surface area (Å²) >= 11 is 0. The molecule has 0 aromatic heterocycles. The summed E-state index contributed by atoms with van der Waals surface area (Å²) in [4.78, 5) is 14.3. The lowest BCUT2D eigenvalue weighted by atomic mass is 9.59. The molecular formula is C27H33NO3. The first-order valence-corrected chi connectivity index (χ1v) is 11.6. The third-order valence-corrected chi connectivity index (χ3v) is 8.68. The van der Waals surface area contributed by atoms with Crippen molar-refractivity contribution in [2.45, 2.75) is 56.9 Å². The van der Waals surface area contributed by atoms with Crippen LogP contribution in [0, 0.1) is 11.8 Å². The van der Waals surface area contributed by atoms with E-state index < -0.39 is 0 Å². The molecule has 4 nitrogen and oxygen atoms in total. The van der Waals surface area contributed by atoms with Crippen molar-refractivity contribution in [3.8, 4) is 5.75 Å². The maximum Gasteiger partial charge on any atom is 0.302 e. The van der Waals surface area contributed by atoms with Gasteiger partial charge in [0.2, 0.25) is 0 Å². The summed E-state index contributed by atoms with van der Waals surface area (Å²) in [6.07, 6.45) is 3.22. The molecule has 31 heavy (non-hydrogen) atoms. The molecule has 2 fully saturated rings. The molecule has 5 rings (SSSR count). The van der Waals surface area contributed by atoms with E-state index in [1.54, 1.807) is 0 Å². The van der Waals surface area contributed by atoms with Gasteiger partial charge in [0.25, 0.3) is 0 Å². The molecule has 5 atom stereocenters. The number of piperidine rings is 1. The van der Waals surface area contributed by atoms with E-state index in [0.29, 0.717) is 30.2 Å². The highest BCUT2D eigenvalue weighted by Gasteiger charge is 2.58. The van der Waals surface area contributed by atoms with E-state index in [2.05, 4.69) is 49.1 Å². The topological polar surface area (TPSA) is 49.8 Å². The quantitative estimate of drug-likeness (QED) is 0.728. The summed E-state index contributed by atoms with van der Waals surface area (Å²) < 4.78 is 5.54. The Morgan fingerprint density at radius 1 is 1.23 bits per heavy atom. The van der Waals surface area contributed by atoms with Gasteiger partial charge in [-0.15, -0.1) is 0 Å². The minimum absolute atomic E-state index is 0.0463. The lowest BCUT2D eigenvalue weighted by molar-refractivity contribution is -0.142. The molecule has 1 N–H and O–H groups in total. The van der Waals surface area contributed by atoms with Gasteiger partial charge in [0.1, 0.15) is 12.4 Å². The molecule has 3 aliphatic rings. The minimum atomic E-state index is -0.199. The SMILES string of the molecule is CC(=O)OC[C@@]1(c2ccccc2)C[C@H]1CN1CC[C@@]2(C)c3cc(O)ccc3C[C@@H]1[C@@H]2C. The molecule has 2 aromatic rings. The summed E-state index contributed by atoms with van der Waals surface area (Å²) in [6.45, 7) is 8.88. The van der Waals surface area contributed by atoms with Crippen molar-refractivity contribution in [3.63, 3.8) is 0 Å². The predicted octanol–water partition coefficient (Wildman–Crippen LogP) is 4.44. The lowest BCUT2D eigenvalue weighted by Gasteiger charge is -2.55. The summed E-state index contributed by atoms with van der Waals surface area (Å²) in [5.74, 6) is 1.22. The second kappa shape index (κ2) is 7.37. The van der Waals surface area contributed by atoms with Gasteiger partial charge < -0.3 is 9.84 Å². The highest BCUT2D eigenvalue weighted by molar-refractivity contribution is 5.66. The first kappa shape index (κ1) is 20.6. The standard InChI is InChI=1S/C27H33NO3/c1-18-25-13-20-9-10-23(30)14-24(20)26(18,3)11-12-28(25)16-22-15-27(22,17-31-19(2)29)21-7-5-4-6-8-21/h4-10,14,18,22,25,30H,11-13,15-17H2,1-3H3/t18-,22-,25+,26+,27+/m0/s1. The molecule has 164 valence electrons. The van der Waals surface area contributed by atoms with Gasteiger partial charge >= 0.3 is 5.97 Å². The minimum Gasteiger partial charge on any atom is -0.508 e. The number of carbonyl (C=O) groups is 1. The van der Waals surface area contributed by atoms with Crippen LogP contribution in [0.25, 0.3) is 0 Å². The van der Waals surface area contributed by atoms with Crippen LogP contribution in [0.5, 0.6) is 5.75 Å². The van der Waals surface area contributed by atoms with Gasteiger partial charge in [-0.25, -0.2) is 0 Å². The van der Waals surface area contributed by atoms with Crippen LogP contribution in [-0.4, -0.2) is 41.7 Å². The summed E-state index contributed by atoms with van der Waals surface area (Å²) in [7, 11) is 0. The smallest absolute Gasteiger partial charge is 0.302 e. The average Bonchev–Trinajstić information content (AvgIpc) is 3.46. The molecule has 1 saturated heterocycles. The van der Waals surface area contributed by atoms with Gasteiger partial charge in [-0.3, -0.25) is 9.69 Å². The van der Waals surface area contributed by atoms with Gasteiger partial charge in [0.05, 0.1) is 0 Å². The fourth-order valence-electron chi connectivity index (χ4n) is 6.44. The number of phenolic OH excluding ortho intramolecular Hbond substituents is 1. The number of carbonyl (C=O) groups excluding carboxylic acids is 1. The highest BCUT2D eigenvalue weighted by Crippen LogP contribution is 2.56. The third kappa shape index (κ3) is 3.36. The summed E-state index contributed by atoms with van der Waals surface area (Å²) in [5.41, 5.74) is 4.09. The average molecular weight is 420 g/mol. The Morgan fingerprint density at radius 3 is 2.74 bits per heavy atom. The monoisotopic (exact) mass is 419 g/mol. The van der Waals surface area contributed by atoms with Gasteiger partial charge in [-0.1, -0.05) is 50.2 Å². The fraction of sp³-hybridized carbons (Fsp3) is 0.519. The Balaban J connectivity index is 1.38. The molecule has 2 aliphatic carbocycles. The van der Waals surface area contributed by atoms with E-state index in [1.807, 2.05) is 18.2 Å². The number of hydrogen-bond acceptors (Lipinski definition) is 4. The van der Waals surface area contributed by atoms with Crippen LogP contribution in [0.4, 0.5) is 0 Å². The second-order valence-corrected chi connectivity index (χ2v) is 10.3. The number of ether oxygens (including phenoxy) is 1. The zero-order chi connectivity index (χ0) is 21.8. The number of benzene rings is 2. The summed E-state index contributed by atoms with van der Waals surface area (Å²) in [6, 6.07) is 17.0. The van der Waals surface area contributed by atoms with Crippen LogP contribution in [0.15, 0.2) is 48.5 Å². The number of aromatic hydroxyl groups is 1. The van der Waals surface area contributed by atoms with Gasteiger partial charge in [-0.2, -0.15) is 0 Å². The number of likely N-dealkylation sites (tertiary alicyclic amines) is 1. The number of phenols is 1. The van der Waals surface area contributed by atoms with Gasteiger partial charge in [-0.05, 0) is 71.9 Å². The van der Waals surface area contributed by atoms with Crippen LogP contribution < -0.4 is 0 Å². The van der Waals surface area contributed by atoms with E-state index in [1.165, 1.54) is 23.6 Å². The first-order chi connectivity index (χ1) is 14.8. The molecular weight excluding hydrogens is 386 g/mol.